The molecule has 1 aliphatic heterocycles. The van der Waals surface area contributed by atoms with E-state index in [1.807, 2.05) is 36.4 Å². The molecule has 1 fully saturated rings. The minimum atomic E-state index is -0.466. The fraction of sp³-hybridized carbons (Fsp3) is 0.167. The Labute approximate surface area is 176 Å². The van der Waals surface area contributed by atoms with E-state index in [1.165, 1.54) is 6.08 Å². The second kappa shape index (κ2) is 9.60. The normalized spacial score (nSPS) is 14.6. The van der Waals surface area contributed by atoms with Crippen LogP contribution in [0.25, 0.3) is 6.08 Å². The van der Waals surface area contributed by atoms with Gasteiger partial charge in [-0.05, 0) is 35.8 Å². The van der Waals surface area contributed by atoms with Crippen LogP contribution in [0.5, 0.6) is 11.5 Å². The Morgan fingerprint density at radius 3 is 2.53 bits per heavy atom. The van der Waals surface area contributed by atoms with Crippen molar-refractivity contribution in [3.8, 4) is 11.5 Å². The molecule has 6 nitrogen and oxygen atoms in total. The SMILES string of the molecule is C=CCc1cc(/C=C2\NC(=O)N(CC=C)C2=O)cc(OC)c1OCc1ccccc1. The number of hydrogen-bond donors (Lipinski definition) is 1. The van der Waals surface area contributed by atoms with Gasteiger partial charge in [0, 0.05) is 12.1 Å². The zero-order valence-corrected chi connectivity index (χ0v) is 16.9. The molecular weight excluding hydrogens is 380 g/mol. The lowest BCUT2D eigenvalue weighted by molar-refractivity contribution is -0.122. The summed E-state index contributed by atoms with van der Waals surface area (Å²) in [5.41, 5.74) is 2.81. The van der Waals surface area contributed by atoms with Gasteiger partial charge in [0.05, 0.1) is 7.11 Å². The summed E-state index contributed by atoms with van der Waals surface area (Å²) < 4.78 is 11.6. The second-order valence-corrected chi connectivity index (χ2v) is 6.67. The highest BCUT2D eigenvalue weighted by Gasteiger charge is 2.32. The summed E-state index contributed by atoms with van der Waals surface area (Å²) in [6.45, 7) is 7.94. The standard InChI is InChI=1S/C24H24N2O4/c1-4-9-19-13-18(14-20-23(27)26(12-5-2)24(28)25-20)15-21(29-3)22(19)30-16-17-10-7-6-8-11-17/h4-8,10-11,13-15H,1-2,9,12,16H2,3H3,(H,25,28)/b20-14-. The topological polar surface area (TPSA) is 67.9 Å². The van der Waals surface area contributed by atoms with Gasteiger partial charge in [-0.1, -0.05) is 42.5 Å². The first-order valence-corrected chi connectivity index (χ1v) is 9.51. The molecule has 2 aromatic rings. The predicted molar refractivity (Wildman–Crippen MR) is 116 cm³/mol. The zero-order valence-electron chi connectivity index (χ0n) is 16.9. The lowest BCUT2D eigenvalue weighted by atomic mass is 10.0. The number of methoxy groups -OCH3 is 1. The van der Waals surface area contributed by atoms with E-state index in [0.29, 0.717) is 30.1 Å². The maximum Gasteiger partial charge on any atom is 0.329 e. The van der Waals surface area contributed by atoms with Gasteiger partial charge in [-0.3, -0.25) is 9.69 Å². The van der Waals surface area contributed by atoms with Gasteiger partial charge < -0.3 is 14.8 Å². The summed E-state index contributed by atoms with van der Waals surface area (Å²) >= 11 is 0. The molecule has 0 aromatic heterocycles. The summed E-state index contributed by atoms with van der Waals surface area (Å²) in [5.74, 6) is 0.767. The monoisotopic (exact) mass is 404 g/mol. The Morgan fingerprint density at radius 1 is 1.10 bits per heavy atom. The maximum atomic E-state index is 12.5. The molecule has 1 N–H and O–H groups in total. The van der Waals surface area contributed by atoms with Crippen molar-refractivity contribution >= 4 is 18.0 Å². The van der Waals surface area contributed by atoms with Crippen LogP contribution in [0, 0.1) is 0 Å². The maximum absolute atomic E-state index is 12.5. The van der Waals surface area contributed by atoms with Crippen molar-refractivity contribution in [2.45, 2.75) is 13.0 Å². The summed E-state index contributed by atoms with van der Waals surface area (Å²) in [4.78, 5) is 25.5. The van der Waals surface area contributed by atoms with Crippen molar-refractivity contribution in [2.75, 3.05) is 13.7 Å². The number of carbonyl (C=O) groups excluding carboxylic acids is 2. The van der Waals surface area contributed by atoms with E-state index in [1.54, 1.807) is 25.3 Å². The lowest BCUT2D eigenvalue weighted by Gasteiger charge is -2.16. The molecule has 1 saturated heterocycles. The molecule has 1 aliphatic rings. The van der Waals surface area contributed by atoms with Crippen LogP contribution in [0.1, 0.15) is 16.7 Å². The van der Waals surface area contributed by atoms with E-state index < -0.39 is 11.9 Å². The fourth-order valence-corrected chi connectivity index (χ4v) is 3.15. The molecule has 1 heterocycles. The van der Waals surface area contributed by atoms with Crippen molar-refractivity contribution < 1.29 is 19.1 Å². The average molecular weight is 404 g/mol. The highest BCUT2D eigenvalue weighted by molar-refractivity contribution is 6.14. The average Bonchev–Trinajstić information content (AvgIpc) is 3.01. The number of amides is 3. The summed E-state index contributed by atoms with van der Waals surface area (Å²) in [7, 11) is 1.56. The number of hydrogen-bond acceptors (Lipinski definition) is 4. The van der Waals surface area contributed by atoms with E-state index >= 15 is 0 Å². The van der Waals surface area contributed by atoms with Crippen LogP contribution < -0.4 is 14.8 Å². The summed E-state index contributed by atoms with van der Waals surface area (Å²) in [5, 5.41) is 2.60. The third-order valence-corrected chi connectivity index (χ3v) is 4.55. The number of carbonyl (C=O) groups is 2. The molecule has 3 amide bonds. The van der Waals surface area contributed by atoms with Gasteiger partial charge in [-0.25, -0.2) is 4.79 Å². The van der Waals surface area contributed by atoms with Crippen molar-refractivity contribution in [2.24, 2.45) is 0 Å². The molecule has 0 radical (unpaired) electrons. The molecule has 0 atom stereocenters. The summed E-state index contributed by atoms with van der Waals surface area (Å²) in [6, 6.07) is 13.0. The molecule has 0 bridgehead atoms. The Balaban J connectivity index is 1.92. The Kier molecular flexibility index (Phi) is 6.70. The highest BCUT2D eigenvalue weighted by Crippen LogP contribution is 2.35. The van der Waals surface area contributed by atoms with Crippen LogP contribution in [-0.2, 0) is 17.8 Å². The van der Waals surface area contributed by atoms with Crippen molar-refractivity contribution in [3.05, 3.63) is 90.2 Å². The van der Waals surface area contributed by atoms with E-state index in [2.05, 4.69) is 18.5 Å². The molecular formula is C24H24N2O4. The number of benzene rings is 2. The minimum absolute atomic E-state index is 0.152. The van der Waals surface area contributed by atoms with Crippen LogP contribution >= 0.6 is 0 Å². The van der Waals surface area contributed by atoms with Crippen molar-refractivity contribution in [3.63, 3.8) is 0 Å². The smallest absolute Gasteiger partial charge is 0.329 e. The van der Waals surface area contributed by atoms with Crippen LogP contribution in [0.15, 0.2) is 73.5 Å². The molecule has 0 saturated carbocycles. The minimum Gasteiger partial charge on any atom is -0.493 e. The largest absolute Gasteiger partial charge is 0.493 e. The Hall–Kier alpha value is -3.80. The number of urea groups is 1. The van der Waals surface area contributed by atoms with Gasteiger partial charge in [-0.15, -0.1) is 13.2 Å². The Morgan fingerprint density at radius 2 is 1.87 bits per heavy atom. The van der Waals surface area contributed by atoms with Crippen LogP contribution in [-0.4, -0.2) is 30.5 Å². The quantitative estimate of drug-likeness (QED) is 0.388. The third-order valence-electron chi connectivity index (χ3n) is 4.55. The van der Waals surface area contributed by atoms with Crippen LogP contribution in [0.4, 0.5) is 4.79 Å². The van der Waals surface area contributed by atoms with Crippen molar-refractivity contribution in [1.82, 2.24) is 10.2 Å². The van der Waals surface area contributed by atoms with Crippen molar-refractivity contribution in [1.29, 1.82) is 0 Å². The number of nitrogens with one attached hydrogen (secondary N) is 1. The molecule has 3 rings (SSSR count). The molecule has 6 heteroatoms. The number of nitrogens with zero attached hydrogens (tertiary/aromatic N) is 1. The zero-order chi connectivity index (χ0) is 21.5. The fourth-order valence-electron chi connectivity index (χ4n) is 3.15. The first-order valence-electron chi connectivity index (χ1n) is 9.51. The predicted octanol–water partition coefficient (Wildman–Crippen LogP) is 4.08. The highest BCUT2D eigenvalue weighted by atomic mass is 16.5. The van der Waals surface area contributed by atoms with E-state index in [0.717, 1.165) is 16.0 Å². The van der Waals surface area contributed by atoms with Crippen LogP contribution in [0.2, 0.25) is 0 Å². The third kappa shape index (κ3) is 4.60. The van der Waals surface area contributed by atoms with E-state index in [4.69, 9.17) is 9.47 Å². The first kappa shape index (κ1) is 20.9. The Bertz CT molecular complexity index is 996. The summed E-state index contributed by atoms with van der Waals surface area (Å²) in [6.07, 6.45) is 5.46. The van der Waals surface area contributed by atoms with Gasteiger partial charge in [-0.2, -0.15) is 0 Å². The van der Waals surface area contributed by atoms with Gasteiger partial charge in [0.25, 0.3) is 5.91 Å². The number of ether oxygens (including phenoxy) is 2. The van der Waals surface area contributed by atoms with E-state index in [-0.39, 0.29) is 12.2 Å². The second-order valence-electron chi connectivity index (χ2n) is 6.67. The molecule has 0 unspecified atom stereocenters. The molecule has 0 aliphatic carbocycles. The van der Waals surface area contributed by atoms with Gasteiger partial charge >= 0.3 is 6.03 Å². The molecule has 30 heavy (non-hydrogen) atoms. The van der Waals surface area contributed by atoms with Gasteiger partial charge in [0.15, 0.2) is 11.5 Å². The van der Waals surface area contributed by atoms with Crippen LogP contribution in [0.3, 0.4) is 0 Å². The number of rotatable bonds is 9. The number of allylic oxidation sites excluding steroid dienone is 1. The molecule has 0 spiro atoms. The first-order chi connectivity index (χ1) is 14.6. The van der Waals surface area contributed by atoms with Gasteiger partial charge in [0.1, 0.15) is 12.3 Å². The van der Waals surface area contributed by atoms with E-state index in [9.17, 15) is 9.59 Å². The lowest BCUT2D eigenvalue weighted by Crippen LogP contribution is -2.30. The van der Waals surface area contributed by atoms with Gasteiger partial charge in [0.2, 0.25) is 0 Å². The number of imide groups is 1. The molecule has 154 valence electrons. The molecule has 2 aromatic carbocycles.